The predicted octanol–water partition coefficient (Wildman–Crippen LogP) is 3.46. The van der Waals surface area contributed by atoms with Gasteiger partial charge in [0.05, 0.1) is 30.4 Å². The molecule has 4 rings (SSSR count). The highest BCUT2D eigenvalue weighted by atomic mass is 16.6. The molecule has 0 saturated heterocycles. The van der Waals surface area contributed by atoms with Crippen LogP contribution in [0.4, 0.5) is 0 Å². The number of amides is 1. The fraction of sp³-hybridized carbons (Fsp3) is 0.273. The smallest absolute Gasteiger partial charge is 0.255 e. The molecule has 3 aromatic rings. The Hall–Kier alpha value is -3.28. The van der Waals surface area contributed by atoms with E-state index in [1.165, 1.54) is 0 Å². The molecule has 2 aromatic carbocycles. The van der Waals surface area contributed by atoms with Crippen molar-refractivity contribution in [3.63, 3.8) is 0 Å². The Bertz CT molecular complexity index is 1030. The van der Waals surface area contributed by atoms with E-state index in [-0.39, 0.29) is 12.0 Å². The third-order valence-electron chi connectivity index (χ3n) is 4.83. The van der Waals surface area contributed by atoms with Crippen molar-refractivity contribution in [3.05, 3.63) is 59.8 Å². The van der Waals surface area contributed by atoms with Gasteiger partial charge in [0.2, 0.25) is 0 Å². The molecular formula is C22H22N2O4. The summed E-state index contributed by atoms with van der Waals surface area (Å²) in [6.45, 7) is 2.67. The quantitative estimate of drug-likeness (QED) is 0.696. The van der Waals surface area contributed by atoms with Gasteiger partial charge in [0.1, 0.15) is 12.4 Å². The molecule has 28 heavy (non-hydrogen) atoms. The van der Waals surface area contributed by atoms with Crippen LogP contribution in [0.2, 0.25) is 0 Å². The molecule has 0 spiro atoms. The highest BCUT2D eigenvalue weighted by Crippen LogP contribution is 2.31. The second kappa shape index (κ2) is 7.38. The van der Waals surface area contributed by atoms with Crippen molar-refractivity contribution in [2.45, 2.75) is 13.0 Å². The van der Waals surface area contributed by atoms with Gasteiger partial charge in [0, 0.05) is 12.4 Å². The molecule has 1 atom stereocenters. The van der Waals surface area contributed by atoms with Gasteiger partial charge in [-0.05, 0) is 43.3 Å². The number of methoxy groups -OCH3 is 1. The monoisotopic (exact) mass is 378 g/mol. The summed E-state index contributed by atoms with van der Waals surface area (Å²) in [5.41, 5.74) is 2.10. The van der Waals surface area contributed by atoms with Crippen LogP contribution < -0.4 is 14.2 Å². The first-order chi connectivity index (χ1) is 13.5. The van der Waals surface area contributed by atoms with Crippen LogP contribution in [0.5, 0.6) is 17.2 Å². The van der Waals surface area contributed by atoms with Gasteiger partial charge in [0.15, 0.2) is 17.6 Å². The van der Waals surface area contributed by atoms with Crippen LogP contribution in [0.25, 0.3) is 10.9 Å². The largest absolute Gasteiger partial charge is 0.497 e. The Balaban J connectivity index is 1.53. The summed E-state index contributed by atoms with van der Waals surface area (Å²) < 4.78 is 17.0. The maximum Gasteiger partial charge on any atom is 0.255 e. The van der Waals surface area contributed by atoms with E-state index in [9.17, 15) is 4.79 Å². The van der Waals surface area contributed by atoms with E-state index >= 15 is 0 Å². The van der Waals surface area contributed by atoms with Crippen molar-refractivity contribution in [1.29, 1.82) is 0 Å². The summed E-state index contributed by atoms with van der Waals surface area (Å²) in [5, 5.41) is 0.868. The van der Waals surface area contributed by atoms with Crippen molar-refractivity contribution in [2.75, 3.05) is 27.3 Å². The molecule has 6 nitrogen and oxygen atoms in total. The SMILES string of the molecule is COc1ccc2nc(C)c(C(=O)N(C)CC3COc4ccccc4O3)cc2c1. The lowest BCUT2D eigenvalue weighted by molar-refractivity contribution is 0.0520. The summed E-state index contributed by atoms with van der Waals surface area (Å²) in [7, 11) is 3.38. The average molecular weight is 378 g/mol. The first-order valence-electron chi connectivity index (χ1n) is 9.14. The van der Waals surface area contributed by atoms with Gasteiger partial charge in [0.25, 0.3) is 5.91 Å². The molecule has 144 valence electrons. The Morgan fingerprint density at radius 3 is 2.79 bits per heavy atom. The van der Waals surface area contributed by atoms with E-state index in [1.54, 1.807) is 19.1 Å². The van der Waals surface area contributed by atoms with E-state index in [4.69, 9.17) is 14.2 Å². The van der Waals surface area contributed by atoms with Crippen molar-refractivity contribution in [1.82, 2.24) is 9.88 Å². The molecule has 1 aromatic heterocycles. The molecule has 0 N–H and O–H groups in total. The number of para-hydroxylation sites is 2. The van der Waals surface area contributed by atoms with Gasteiger partial charge in [-0.15, -0.1) is 0 Å². The molecule has 6 heteroatoms. The minimum absolute atomic E-state index is 0.0998. The molecule has 1 aliphatic heterocycles. The number of carbonyl (C=O) groups excluding carboxylic acids is 1. The molecule has 1 unspecified atom stereocenters. The Labute approximate surface area is 163 Å². The molecule has 2 heterocycles. The van der Waals surface area contributed by atoms with E-state index in [0.717, 1.165) is 22.4 Å². The second-order valence-corrected chi connectivity index (χ2v) is 6.86. The topological polar surface area (TPSA) is 60.9 Å². The highest BCUT2D eigenvalue weighted by Gasteiger charge is 2.25. The van der Waals surface area contributed by atoms with Crippen molar-refractivity contribution < 1.29 is 19.0 Å². The van der Waals surface area contributed by atoms with E-state index < -0.39 is 0 Å². The Morgan fingerprint density at radius 2 is 2.00 bits per heavy atom. The third kappa shape index (κ3) is 3.45. The number of aromatic nitrogens is 1. The molecule has 0 bridgehead atoms. The van der Waals surface area contributed by atoms with Crippen molar-refractivity contribution in [3.8, 4) is 17.2 Å². The number of benzene rings is 2. The molecule has 0 aliphatic carbocycles. The van der Waals surface area contributed by atoms with Crippen LogP contribution in [-0.2, 0) is 0 Å². The summed E-state index contributed by atoms with van der Waals surface area (Å²) in [6, 6.07) is 15.1. The first-order valence-corrected chi connectivity index (χ1v) is 9.14. The standard InChI is InChI=1S/C22H22N2O4/c1-14-18(11-15-10-16(26-3)8-9-19(15)23-14)22(25)24(2)12-17-13-27-20-6-4-5-7-21(20)28-17/h4-11,17H,12-13H2,1-3H3. The predicted molar refractivity (Wildman–Crippen MR) is 106 cm³/mol. The third-order valence-corrected chi connectivity index (χ3v) is 4.83. The summed E-state index contributed by atoms with van der Waals surface area (Å²) in [6.07, 6.45) is -0.224. The van der Waals surface area contributed by atoms with Crippen molar-refractivity contribution >= 4 is 16.8 Å². The molecule has 1 amide bonds. The lowest BCUT2D eigenvalue weighted by atomic mass is 10.1. The fourth-order valence-electron chi connectivity index (χ4n) is 3.34. The lowest BCUT2D eigenvalue weighted by Crippen LogP contribution is -2.42. The number of hydrogen-bond donors (Lipinski definition) is 0. The van der Waals surface area contributed by atoms with Gasteiger partial charge in [-0.2, -0.15) is 0 Å². The van der Waals surface area contributed by atoms with E-state index in [0.29, 0.717) is 30.2 Å². The number of ether oxygens (including phenoxy) is 3. The van der Waals surface area contributed by atoms with E-state index in [2.05, 4.69) is 4.98 Å². The zero-order valence-electron chi connectivity index (χ0n) is 16.1. The number of nitrogens with zero attached hydrogens (tertiary/aromatic N) is 2. The normalized spacial score (nSPS) is 15.3. The van der Waals surface area contributed by atoms with Crippen LogP contribution in [0.1, 0.15) is 16.1 Å². The summed E-state index contributed by atoms with van der Waals surface area (Å²) in [5.74, 6) is 2.07. The van der Waals surface area contributed by atoms with Crippen LogP contribution in [0.15, 0.2) is 48.5 Å². The maximum absolute atomic E-state index is 13.0. The van der Waals surface area contributed by atoms with Crippen molar-refractivity contribution in [2.24, 2.45) is 0 Å². The van der Waals surface area contributed by atoms with Crippen LogP contribution >= 0.6 is 0 Å². The number of carbonyl (C=O) groups is 1. The van der Waals surface area contributed by atoms with Gasteiger partial charge < -0.3 is 19.1 Å². The van der Waals surface area contributed by atoms with Gasteiger partial charge in [-0.1, -0.05) is 12.1 Å². The van der Waals surface area contributed by atoms with Crippen LogP contribution in [-0.4, -0.2) is 49.2 Å². The van der Waals surface area contributed by atoms with Crippen LogP contribution in [0.3, 0.4) is 0 Å². The zero-order chi connectivity index (χ0) is 19.7. The lowest BCUT2D eigenvalue weighted by Gasteiger charge is -2.29. The fourth-order valence-corrected chi connectivity index (χ4v) is 3.34. The number of fused-ring (bicyclic) bond motifs is 2. The number of rotatable bonds is 4. The van der Waals surface area contributed by atoms with Crippen LogP contribution in [0, 0.1) is 6.92 Å². The highest BCUT2D eigenvalue weighted by molar-refractivity contribution is 5.98. The zero-order valence-corrected chi connectivity index (χ0v) is 16.1. The van der Waals surface area contributed by atoms with Gasteiger partial charge in [-0.3, -0.25) is 9.78 Å². The first kappa shape index (κ1) is 18.1. The minimum atomic E-state index is -0.224. The molecule has 0 radical (unpaired) electrons. The minimum Gasteiger partial charge on any atom is -0.497 e. The molecular weight excluding hydrogens is 356 g/mol. The average Bonchev–Trinajstić information content (AvgIpc) is 2.72. The maximum atomic E-state index is 13.0. The number of likely N-dealkylation sites (N-methyl/N-ethyl adjacent to an activating group) is 1. The molecule has 0 fully saturated rings. The summed E-state index contributed by atoms with van der Waals surface area (Å²) >= 11 is 0. The van der Waals surface area contributed by atoms with Gasteiger partial charge in [-0.25, -0.2) is 0 Å². The number of aryl methyl sites for hydroxylation is 1. The molecule has 0 saturated carbocycles. The number of hydrogen-bond acceptors (Lipinski definition) is 5. The Kier molecular flexibility index (Phi) is 4.77. The summed E-state index contributed by atoms with van der Waals surface area (Å²) in [4.78, 5) is 19.3. The Morgan fingerprint density at radius 1 is 1.21 bits per heavy atom. The number of pyridine rings is 1. The molecule has 1 aliphatic rings. The van der Waals surface area contributed by atoms with Gasteiger partial charge >= 0.3 is 0 Å². The van der Waals surface area contributed by atoms with E-state index in [1.807, 2.05) is 55.5 Å². The second-order valence-electron chi connectivity index (χ2n) is 6.86.